The van der Waals surface area contributed by atoms with Gasteiger partial charge >= 0.3 is 11.9 Å². The first kappa shape index (κ1) is 13.6. The molecule has 6 nitrogen and oxygen atoms in total. The zero-order valence-corrected chi connectivity index (χ0v) is 8.47. The minimum atomic E-state index is -1.19. The molecule has 0 aliphatic carbocycles. The molecule has 0 rings (SSSR count). The summed E-state index contributed by atoms with van der Waals surface area (Å²) in [4.78, 5) is 20.8. The summed E-state index contributed by atoms with van der Waals surface area (Å²) in [6, 6.07) is 0. The molecule has 1 N–H and O–H groups in total. The Labute approximate surface area is 87.4 Å². The molecule has 0 radical (unpaired) electrons. The molecule has 0 bridgehead atoms. The van der Waals surface area contributed by atoms with Crippen molar-refractivity contribution >= 4 is 11.9 Å². The fourth-order valence-electron chi connectivity index (χ4n) is 0.633. The van der Waals surface area contributed by atoms with Crippen LogP contribution in [0.1, 0.15) is 0 Å². The highest BCUT2D eigenvalue weighted by molar-refractivity contribution is 5.90. The highest BCUT2D eigenvalue weighted by Crippen LogP contribution is 1.84. The lowest BCUT2D eigenvalue weighted by Gasteiger charge is -2.03. The molecule has 0 heterocycles. The zero-order valence-electron chi connectivity index (χ0n) is 8.47. The molecular formula is C9H14O6. The summed E-state index contributed by atoms with van der Waals surface area (Å²) in [5.74, 6) is -1.89. The lowest BCUT2D eigenvalue weighted by Crippen LogP contribution is -2.11. The third-order valence-electron chi connectivity index (χ3n) is 1.27. The van der Waals surface area contributed by atoms with Gasteiger partial charge < -0.3 is 19.3 Å². The minimum absolute atomic E-state index is 0.0898. The Hall–Kier alpha value is -1.40. The van der Waals surface area contributed by atoms with Crippen LogP contribution in [0.2, 0.25) is 0 Å². The topological polar surface area (TPSA) is 82.1 Å². The summed E-state index contributed by atoms with van der Waals surface area (Å²) in [7, 11) is 1.56. The van der Waals surface area contributed by atoms with Gasteiger partial charge in [0.05, 0.1) is 19.8 Å². The van der Waals surface area contributed by atoms with E-state index >= 15 is 0 Å². The smallest absolute Gasteiger partial charge is 0.331 e. The summed E-state index contributed by atoms with van der Waals surface area (Å²) in [6.07, 6.45) is 1.56. The van der Waals surface area contributed by atoms with E-state index in [9.17, 15) is 9.59 Å². The number of hydrogen-bond donors (Lipinski definition) is 1. The van der Waals surface area contributed by atoms with E-state index in [1.54, 1.807) is 7.11 Å². The largest absolute Gasteiger partial charge is 0.478 e. The number of ether oxygens (including phenoxy) is 3. The molecule has 0 unspecified atom stereocenters. The molecule has 15 heavy (non-hydrogen) atoms. The molecule has 0 spiro atoms. The van der Waals surface area contributed by atoms with Gasteiger partial charge in [-0.25, -0.2) is 9.59 Å². The number of methoxy groups -OCH3 is 1. The number of carbonyl (C=O) groups is 2. The third-order valence-corrected chi connectivity index (χ3v) is 1.27. The standard InChI is InChI=1S/C9H14O6/c1-13-4-5-14-6-7-15-9(12)3-2-8(10)11/h2-3H,4-7H2,1H3,(H,10,11)/b3-2-. The molecule has 0 fully saturated rings. The van der Waals surface area contributed by atoms with Crippen LogP contribution in [0.15, 0.2) is 12.2 Å². The fourth-order valence-corrected chi connectivity index (χ4v) is 0.633. The van der Waals surface area contributed by atoms with E-state index < -0.39 is 11.9 Å². The van der Waals surface area contributed by atoms with E-state index in [-0.39, 0.29) is 13.2 Å². The van der Waals surface area contributed by atoms with Crippen molar-refractivity contribution in [1.82, 2.24) is 0 Å². The van der Waals surface area contributed by atoms with Gasteiger partial charge in [-0.05, 0) is 0 Å². The number of rotatable bonds is 8. The minimum Gasteiger partial charge on any atom is -0.478 e. The summed E-state index contributed by atoms with van der Waals surface area (Å²) in [6.45, 7) is 1.26. The van der Waals surface area contributed by atoms with Gasteiger partial charge in [0.1, 0.15) is 6.61 Å². The Morgan fingerprint density at radius 2 is 1.80 bits per heavy atom. The van der Waals surface area contributed by atoms with E-state index in [1.165, 1.54) is 0 Å². The van der Waals surface area contributed by atoms with Crippen LogP contribution < -0.4 is 0 Å². The normalized spacial score (nSPS) is 10.5. The number of hydrogen-bond acceptors (Lipinski definition) is 5. The Morgan fingerprint density at radius 1 is 1.13 bits per heavy atom. The van der Waals surface area contributed by atoms with Crippen molar-refractivity contribution in [2.75, 3.05) is 33.5 Å². The van der Waals surface area contributed by atoms with Crippen molar-refractivity contribution in [3.8, 4) is 0 Å². The summed E-state index contributed by atoms with van der Waals surface area (Å²) in [5, 5.41) is 8.20. The van der Waals surface area contributed by atoms with Crippen molar-refractivity contribution in [2.24, 2.45) is 0 Å². The number of carbonyl (C=O) groups excluding carboxylic acids is 1. The van der Waals surface area contributed by atoms with E-state index in [4.69, 9.17) is 14.6 Å². The lowest BCUT2D eigenvalue weighted by atomic mass is 10.5. The van der Waals surface area contributed by atoms with Gasteiger partial charge in [0.25, 0.3) is 0 Å². The number of esters is 1. The number of carboxylic acids is 1. The van der Waals surface area contributed by atoms with Crippen LogP contribution in [-0.4, -0.2) is 50.6 Å². The Kier molecular flexibility index (Phi) is 8.31. The highest BCUT2D eigenvalue weighted by atomic mass is 16.6. The fraction of sp³-hybridized carbons (Fsp3) is 0.556. The van der Waals surface area contributed by atoms with E-state index in [0.29, 0.717) is 19.3 Å². The first-order chi connectivity index (χ1) is 7.16. The van der Waals surface area contributed by atoms with Gasteiger partial charge in [-0.1, -0.05) is 0 Å². The summed E-state index contributed by atoms with van der Waals surface area (Å²) in [5.41, 5.74) is 0. The maximum atomic E-state index is 10.8. The Morgan fingerprint density at radius 3 is 2.40 bits per heavy atom. The van der Waals surface area contributed by atoms with E-state index in [0.717, 1.165) is 6.08 Å². The van der Waals surface area contributed by atoms with Gasteiger partial charge in [0.2, 0.25) is 0 Å². The van der Waals surface area contributed by atoms with Crippen molar-refractivity contribution in [1.29, 1.82) is 0 Å². The molecule has 0 aliphatic rings. The Bertz CT molecular complexity index is 223. The van der Waals surface area contributed by atoms with Crippen LogP contribution in [0.3, 0.4) is 0 Å². The number of carboxylic acid groups (broad SMARTS) is 1. The van der Waals surface area contributed by atoms with Gasteiger partial charge in [-0.3, -0.25) is 0 Å². The van der Waals surface area contributed by atoms with E-state index in [2.05, 4.69) is 4.74 Å². The molecule has 6 heteroatoms. The SMILES string of the molecule is COCCOCCOC(=O)/C=C\C(=O)O. The van der Waals surface area contributed by atoms with Gasteiger partial charge in [0.15, 0.2) is 0 Å². The van der Waals surface area contributed by atoms with Crippen molar-refractivity contribution in [3.05, 3.63) is 12.2 Å². The van der Waals surface area contributed by atoms with Crippen molar-refractivity contribution in [2.45, 2.75) is 0 Å². The van der Waals surface area contributed by atoms with Gasteiger partial charge in [0, 0.05) is 19.3 Å². The van der Waals surface area contributed by atoms with Crippen molar-refractivity contribution in [3.63, 3.8) is 0 Å². The molecule has 0 amide bonds. The third kappa shape index (κ3) is 10.5. The highest BCUT2D eigenvalue weighted by Gasteiger charge is 1.97. The predicted octanol–water partition coefficient (Wildman–Crippen LogP) is -0.167. The van der Waals surface area contributed by atoms with Crippen LogP contribution >= 0.6 is 0 Å². The quantitative estimate of drug-likeness (QED) is 0.346. The van der Waals surface area contributed by atoms with Crippen LogP contribution in [0.5, 0.6) is 0 Å². The first-order valence-corrected chi connectivity index (χ1v) is 4.31. The maximum Gasteiger partial charge on any atom is 0.331 e. The molecule has 0 aromatic rings. The van der Waals surface area contributed by atoms with Crippen LogP contribution in [0.4, 0.5) is 0 Å². The number of aliphatic carboxylic acids is 1. The second-order valence-electron chi connectivity index (χ2n) is 2.44. The monoisotopic (exact) mass is 218 g/mol. The molecule has 86 valence electrons. The predicted molar refractivity (Wildman–Crippen MR) is 50.4 cm³/mol. The summed E-state index contributed by atoms with van der Waals surface area (Å²) >= 11 is 0. The first-order valence-electron chi connectivity index (χ1n) is 4.31. The molecule has 0 atom stereocenters. The molecule has 0 saturated carbocycles. The Balaban J connectivity index is 3.35. The second-order valence-corrected chi connectivity index (χ2v) is 2.44. The van der Waals surface area contributed by atoms with Crippen LogP contribution in [-0.2, 0) is 23.8 Å². The molecule has 0 aromatic heterocycles. The van der Waals surface area contributed by atoms with Crippen molar-refractivity contribution < 1.29 is 28.9 Å². The maximum absolute atomic E-state index is 10.8. The van der Waals surface area contributed by atoms with Crippen LogP contribution in [0.25, 0.3) is 0 Å². The molecule has 0 saturated heterocycles. The lowest BCUT2D eigenvalue weighted by molar-refractivity contribution is -0.140. The molecule has 0 aromatic carbocycles. The zero-order chi connectivity index (χ0) is 11.5. The average Bonchev–Trinajstić information content (AvgIpc) is 2.20. The van der Waals surface area contributed by atoms with Gasteiger partial charge in [-0.15, -0.1) is 0 Å². The van der Waals surface area contributed by atoms with Gasteiger partial charge in [-0.2, -0.15) is 0 Å². The molecular weight excluding hydrogens is 204 g/mol. The van der Waals surface area contributed by atoms with Crippen LogP contribution in [0, 0.1) is 0 Å². The second kappa shape index (κ2) is 9.17. The summed E-state index contributed by atoms with van der Waals surface area (Å²) < 4.78 is 14.4. The average molecular weight is 218 g/mol. The molecule has 0 aliphatic heterocycles. The van der Waals surface area contributed by atoms with E-state index in [1.807, 2.05) is 0 Å².